The molecule has 1 amide bonds. The van der Waals surface area contributed by atoms with E-state index in [1.54, 1.807) is 13.3 Å². The number of anilines is 2. The summed E-state index contributed by atoms with van der Waals surface area (Å²) in [5.74, 6) is -0.106. The van der Waals surface area contributed by atoms with Crippen LogP contribution in [0.1, 0.15) is 16.8 Å². The maximum Gasteiger partial charge on any atom is 0.257 e. The molecule has 0 spiro atoms. The molecule has 1 fully saturated rings. The summed E-state index contributed by atoms with van der Waals surface area (Å²) in [7, 11) is 1.76. The number of nitrogens with zero attached hydrogens (tertiary/aromatic N) is 1. The van der Waals surface area contributed by atoms with E-state index in [-0.39, 0.29) is 5.91 Å². The maximum atomic E-state index is 12.6. The molecule has 0 bridgehead atoms. The number of hydrogen-bond donors (Lipinski definition) is 2. The molecule has 1 atom stereocenters. The van der Waals surface area contributed by atoms with Crippen molar-refractivity contribution in [1.29, 1.82) is 0 Å². The molecule has 0 radical (unpaired) electrons. The van der Waals surface area contributed by atoms with Gasteiger partial charge in [-0.25, -0.2) is 0 Å². The van der Waals surface area contributed by atoms with E-state index >= 15 is 0 Å². The summed E-state index contributed by atoms with van der Waals surface area (Å²) >= 11 is 0. The zero-order valence-corrected chi connectivity index (χ0v) is 14.2. The summed E-state index contributed by atoms with van der Waals surface area (Å²) < 4.78 is 5.41. The number of para-hydroxylation sites is 1. The zero-order valence-electron chi connectivity index (χ0n) is 14.2. The molecule has 1 saturated heterocycles. The lowest BCUT2D eigenvalue weighted by Gasteiger charge is -2.18. The lowest BCUT2D eigenvalue weighted by molar-refractivity contribution is 0.102. The molecule has 5 heteroatoms. The Balaban J connectivity index is 1.47. The van der Waals surface area contributed by atoms with Gasteiger partial charge in [0, 0.05) is 48.7 Å². The minimum Gasteiger partial charge on any atom is -0.380 e. The Morgan fingerprint density at radius 2 is 2.00 bits per heavy atom. The second-order valence-electron chi connectivity index (χ2n) is 6.34. The van der Waals surface area contributed by atoms with Gasteiger partial charge < -0.3 is 19.9 Å². The first-order chi connectivity index (χ1) is 12.2. The molecular formula is C20H21N3O2. The number of carbonyl (C=O) groups is 1. The molecule has 128 valence electrons. The van der Waals surface area contributed by atoms with Gasteiger partial charge in [-0.2, -0.15) is 0 Å². The summed E-state index contributed by atoms with van der Waals surface area (Å²) in [6, 6.07) is 15.8. The lowest BCUT2D eigenvalue weighted by atomic mass is 10.1. The summed E-state index contributed by atoms with van der Waals surface area (Å²) in [6.45, 7) is 1.91. The first kappa shape index (κ1) is 15.7. The number of hydrogen-bond acceptors (Lipinski definition) is 3. The molecule has 0 saturated carbocycles. The van der Waals surface area contributed by atoms with Crippen LogP contribution < -0.4 is 10.2 Å². The molecule has 0 aliphatic carbocycles. The Morgan fingerprint density at radius 1 is 1.20 bits per heavy atom. The van der Waals surface area contributed by atoms with Gasteiger partial charge in [-0.3, -0.25) is 4.79 Å². The lowest BCUT2D eigenvalue weighted by Crippen LogP contribution is -2.22. The number of carbonyl (C=O) groups excluding carboxylic acids is 1. The molecule has 3 aromatic rings. The van der Waals surface area contributed by atoms with E-state index in [9.17, 15) is 4.79 Å². The fraction of sp³-hybridized carbons (Fsp3) is 0.250. The summed E-state index contributed by atoms with van der Waals surface area (Å²) in [6.07, 6.45) is 3.11. The average molecular weight is 335 g/mol. The normalized spacial score (nSPS) is 17.2. The van der Waals surface area contributed by atoms with Crippen LogP contribution in [0.15, 0.2) is 54.7 Å². The minimum absolute atomic E-state index is 0.106. The molecule has 4 rings (SSSR count). The number of methoxy groups -OCH3 is 1. The van der Waals surface area contributed by atoms with Crippen LogP contribution in [0.4, 0.5) is 11.4 Å². The molecule has 1 aliphatic heterocycles. The van der Waals surface area contributed by atoms with Crippen molar-refractivity contribution >= 4 is 28.2 Å². The Hall–Kier alpha value is -2.79. The second-order valence-corrected chi connectivity index (χ2v) is 6.34. The Labute approximate surface area is 146 Å². The minimum atomic E-state index is -0.106. The van der Waals surface area contributed by atoms with Crippen molar-refractivity contribution in [3.63, 3.8) is 0 Å². The molecule has 1 aliphatic rings. The Morgan fingerprint density at radius 3 is 2.76 bits per heavy atom. The van der Waals surface area contributed by atoms with Crippen LogP contribution in [0, 0.1) is 0 Å². The molecular weight excluding hydrogens is 314 g/mol. The van der Waals surface area contributed by atoms with E-state index in [4.69, 9.17) is 4.74 Å². The van der Waals surface area contributed by atoms with Gasteiger partial charge in [-0.1, -0.05) is 18.2 Å². The van der Waals surface area contributed by atoms with Gasteiger partial charge in [0.1, 0.15) is 0 Å². The highest BCUT2D eigenvalue weighted by Gasteiger charge is 2.22. The van der Waals surface area contributed by atoms with Crippen LogP contribution in [0.2, 0.25) is 0 Å². The first-order valence-corrected chi connectivity index (χ1v) is 8.50. The second kappa shape index (κ2) is 6.61. The number of amides is 1. The summed E-state index contributed by atoms with van der Waals surface area (Å²) in [5, 5.41) is 3.90. The van der Waals surface area contributed by atoms with Gasteiger partial charge in [-0.05, 0) is 36.8 Å². The van der Waals surface area contributed by atoms with Crippen LogP contribution in [0.25, 0.3) is 10.9 Å². The SMILES string of the molecule is CO[C@@H]1CCN(c2ccc(NC(=O)c3c[nH]c4ccccc34)cc2)C1. The van der Waals surface area contributed by atoms with E-state index in [0.717, 1.165) is 41.8 Å². The van der Waals surface area contributed by atoms with E-state index in [2.05, 4.69) is 15.2 Å². The van der Waals surface area contributed by atoms with Crippen LogP contribution >= 0.6 is 0 Å². The highest BCUT2D eigenvalue weighted by atomic mass is 16.5. The Kier molecular flexibility index (Phi) is 4.15. The summed E-state index contributed by atoms with van der Waals surface area (Å²) in [4.78, 5) is 18.0. The fourth-order valence-corrected chi connectivity index (χ4v) is 3.37. The van der Waals surface area contributed by atoms with Gasteiger partial charge in [0.15, 0.2) is 0 Å². The van der Waals surface area contributed by atoms with Crippen molar-refractivity contribution in [2.45, 2.75) is 12.5 Å². The van der Waals surface area contributed by atoms with Crippen LogP contribution in [-0.4, -0.2) is 37.2 Å². The fourth-order valence-electron chi connectivity index (χ4n) is 3.37. The number of H-pyrrole nitrogens is 1. The Bertz CT molecular complexity index is 885. The van der Waals surface area contributed by atoms with Gasteiger partial charge >= 0.3 is 0 Å². The number of fused-ring (bicyclic) bond motifs is 1. The van der Waals surface area contributed by atoms with Crippen molar-refractivity contribution in [2.24, 2.45) is 0 Å². The maximum absolute atomic E-state index is 12.6. The third-order valence-electron chi connectivity index (χ3n) is 4.80. The van der Waals surface area contributed by atoms with E-state index in [0.29, 0.717) is 11.7 Å². The number of nitrogens with one attached hydrogen (secondary N) is 2. The quantitative estimate of drug-likeness (QED) is 0.765. The van der Waals surface area contributed by atoms with E-state index in [1.807, 2.05) is 48.5 Å². The van der Waals surface area contributed by atoms with E-state index in [1.165, 1.54) is 0 Å². The van der Waals surface area contributed by atoms with Crippen molar-refractivity contribution in [3.8, 4) is 0 Å². The van der Waals surface area contributed by atoms with Crippen LogP contribution in [0.5, 0.6) is 0 Å². The van der Waals surface area contributed by atoms with Crippen molar-refractivity contribution in [3.05, 3.63) is 60.3 Å². The van der Waals surface area contributed by atoms with Crippen molar-refractivity contribution < 1.29 is 9.53 Å². The topological polar surface area (TPSA) is 57.4 Å². The highest BCUT2D eigenvalue weighted by Crippen LogP contribution is 2.24. The number of rotatable bonds is 4. The van der Waals surface area contributed by atoms with Crippen molar-refractivity contribution in [1.82, 2.24) is 4.98 Å². The monoisotopic (exact) mass is 335 g/mol. The predicted molar refractivity (Wildman–Crippen MR) is 100 cm³/mol. The smallest absolute Gasteiger partial charge is 0.257 e. The number of aromatic nitrogens is 1. The third-order valence-corrected chi connectivity index (χ3v) is 4.80. The largest absolute Gasteiger partial charge is 0.380 e. The predicted octanol–water partition coefficient (Wildman–Crippen LogP) is 3.65. The molecule has 2 N–H and O–H groups in total. The van der Waals surface area contributed by atoms with Gasteiger partial charge in [0.2, 0.25) is 0 Å². The molecule has 0 unspecified atom stereocenters. The van der Waals surface area contributed by atoms with Crippen LogP contribution in [-0.2, 0) is 4.74 Å². The summed E-state index contributed by atoms with van der Waals surface area (Å²) in [5.41, 5.74) is 3.57. The highest BCUT2D eigenvalue weighted by molar-refractivity contribution is 6.12. The third kappa shape index (κ3) is 3.10. The molecule has 25 heavy (non-hydrogen) atoms. The zero-order chi connectivity index (χ0) is 17.2. The number of aromatic amines is 1. The average Bonchev–Trinajstić information content (AvgIpc) is 3.29. The van der Waals surface area contributed by atoms with Gasteiger partial charge in [0.25, 0.3) is 5.91 Å². The molecule has 2 aromatic carbocycles. The molecule has 1 aromatic heterocycles. The first-order valence-electron chi connectivity index (χ1n) is 8.50. The van der Waals surface area contributed by atoms with Gasteiger partial charge in [0.05, 0.1) is 11.7 Å². The number of benzene rings is 2. The molecule has 5 nitrogen and oxygen atoms in total. The van der Waals surface area contributed by atoms with Crippen molar-refractivity contribution in [2.75, 3.05) is 30.4 Å². The molecule has 2 heterocycles. The standard InChI is InChI=1S/C20H21N3O2/c1-25-16-10-11-23(13-16)15-8-6-14(7-9-15)22-20(24)18-12-21-19-5-3-2-4-17(18)19/h2-9,12,16,21H,10-11,13H2,1H3,(H,22,24)/t16-/m1/s1. The van der Waals surface area contributed by atoms with E-state index < -0.39 is 0 Å². The van der Waals surface area contributed by atoms with Gasteiger partial charge in [-0.15, -0.1) is 0 Å². The van der Waals surface area contributed by atoms with Crippen LogP contribution in [0.3, 0.4) is 0 Å². The number of ether oxygens (including phenoxy) is 1.